The molecule has 0 aliphatic carbocycles. The van der Waals surface area contributed by atoms with Crippen molar-refractivity contribution in [2.45, 2.75) is 32.0 Å². The molecule has 2 atom stereocenters. The maximum Gasteiger partial charge on any atom is 0.138 e. The molecule has 2 aromatic rings. The van der Waals surface area contributed by atoms with E-state index in [9.17, 15) is 5.11 Å². The highest BCUT2D eigenvalue weighted by molar-refractivity contribution is 6.31. The number of furan rings is 1. The summed E-state index contributed by atoms with van der Waals surface area (Å²) in [5.74, 6) is 0.521. The third-order valence-corrected chi connectivity index (χ3v) is 3.25. The summed E-state index contributed by atoms with van der Waals surface area (Å²) < 4.78 is 10.9. The van der Waals surface area contributed by atoms with Gasteiger partial charge in [-0.2, -0.15) is 0 Å². The number of aliphatic hydroxyl groups is 1. The Labute approximate surface area is 111 Å². The standard InChI is InChI=1S/C14H17ClO3/c1-3-4-12(17-2)14(16)13-8-9-7-10(15)5-6-11(9)18-13/h5-8,12,14,16H,3-4H2,1-2H3. The lowest BCUT2D eigenvalue weighted by atomic mass is 10.1. The average Bonchev–Trinajstić information content (AvgIpc) is 2.77. The number of benzene rings is 1. The number of methoxy groups -OCH3 is 1. The van der Waals surface area contributed by atoms with E-state index in [1.54, 1.807) is 19.2 Å². The summed E-state index contributed by atoms with van der Waals surface area (Å²) in [6.07, 6.45) is 0.740. The van der Waals surface area contributed by atoms with Gasteiger partial charge in [0.2, 0.25) is 0 Å². The van der Waals surface area contributed by atoms with Crippen LogP contribution >= 0.6 is 11.6 Å². The second kappa shape index (κ2) is 5.74. The molecule has 2 unspecified atom stereocenters. The molecular formula is C14H17ClO3. The molecule has 0 saturated carbocycles. The second-order valence-electron chi connectivity index (χ2n) is 4.34. The summed E-state index contributed by atoms with van der Waals surface area (Å²) >= 11 is 5.92. The minimum absolute atomic E-state index is 0.244. The molecule has 18 heavy (non-hydrogen) atoms. The van der Waals surface area contributed by atoms with Crippen molar-refractivity contribution in [1.29, 1.82) is 0 Å². The third-order valence-electron chi connectivity index (χ3n) is 3.02. The van der Waals surface area contributed by atoms with Crippen LogP contribution in [-0.2, 0) is 4.74 Å². The van der Waals surface area contributed by atoms with E-state index >= 15 is 0 Å². The van der Waals surface area contributed by atoms with Crippen LogP contribution in [0.15, 0.2) is 28.7 Å². The van der Waals surface area contributed by atoms with Crippen molar-refractivity contribution in [3.63, 3.8) is 0 Å². The van der Waals surface area contributed by atoms with Gasteiger partial charge in [-0.25, -0.2) is 0 Å². The lowest BCUT2D eigenvalue weighted by Crippen LogP contribution is -2.20. The van der Waals surface area contributed by atoms with Gasteiger partial charge < -0.3 is 14.3 Å². The molecule has 1 aromatic carbocycles. The summed E-state index contributed by atoms with van der Waals surface area (Å²) in [5.41, 5.74) is 0.722. The molecular weight excluding hydrogens is 252 g/mol. The first-order valence-corrected chi connectivity index (χ1v) is 6.43. The van der Waals surface area contributed by atoms with Crippen molar-refractivity contribution >= 4 is 22.6 Å². The number of rotatable bonds is 5. The quantitative estimate of drug-likeness (QED) is 0.893. The molecule has 1 heterocycles. The Morgan fingerprint density at radius 2 is 2.17 bits per heavy atom. The molecule has 2 rings (SSSR count). The SMILES string of the molecule is CCCC(OC)C(O)c1cc2cc(Cl)ccc2o1. The van der Waals surface area contributed by atoms with Crippen molar-refractivity contribution in [2.24, 2.45) is 0 Å². The fraction of sp³-hybridized carbons (Fsp3) is 0.429. The summed E-state index contributed by atoms with van der Waals surface area (Å²) in [4.78, 5) is 0. The second-order valence-corrected chi connectivity index (χ2v) is 4.78. The Kier molecular flexibility index (Phi) is 4.27. The highest BCUT2D eigenvalue weighted by Crippen LogP contribution is 2.29. The van der Waals surface area contributed by atoms with Gasteiger partial charge in [-0.05, 0) is 30.7 Å². The molecule has 0 spiro atoms. The first kappa shape index (κ1) is 13.4. The summed E-state index contributed by atoms with van der Waals surface area (Å²) in [7, 11) is 1.60. The predicted molar refractivity (Wildman–Crippen MR) is 71.9 cm³/mol. The molecule has 0 fully saturated rings. The van der Waals surface area contributed by atoms with Crippen LogP contribution in [0.4, 0.5) is 0 Å². The maximum atomic E-state index is 10.2. The lowest BCUT2D eigenvalue weighted by Gasteiger charge is -2.18. The highest BCUT2D eigenvalue weighted by Gasteiger charge is 2.23. The van der Waals surface area contributed by atoms with E-state index in [-0.39, 0.29) is 6.10 Å². The van der Waals surface area contributed by atoms with Crippen molar-refractivity contribution in [3.8, 4) is 0 Å². The van der Waals surface area contributed by atoms with Gasteiger partial charge in [0.25, 0.3) is 0 Å². The number of halogens is 1. The first-order valence-electron chi connectivity index (χ1n) is 6.05. The van der Waals surface area contributed by atoms with Crippen LogP contribution in [0, 0.1) is 0 Å². The van der Waals surface area contributed by atoms with Gasteiger partial charge in [-0.3, -0.25) is 0 Å². The molecule has 0 amide bonds. The Bertz CT molecular complexity index is 521. The van der Waals surface area contributed by atoms with Crippen LogP contribution in [-0.4, -0.2) is 18.3 Å². The molecule has 0 aliphatic rings. The van der Waals surface area contributed by atoms with Crippen LogP contribution in [0.3, 0.4) is 0 Å². The largest absolute Gasteiger partial charge is 0.458 e. The van der Waals surface area contributed by atoms with Gasteiger partial charge >= 0.3 is 0 Å². The van der Waals surface area contributed by atoms with Crippen LogP contribution in [0.25, 0.3) is 11.0 Å². The molecule has 98 valence electrons. The van der Waals surface area contributed by atoms with Gasteiger partial charge in [-0.15, -0.1) is 0 Å². The van der Waals surface area contributed by atoms with Crippen LogP contribution in [0.5, 0.6) is 0 Å². The van der Waals surface area contributed by atoms with Gasteiger partial charge in [0.15, 0.2) is 0 Å². The minimum atomic E-state index is -0.749. The molecule has 4 heteroatoms. The van der Waals surface area contributed by atoms with Crippen molar-refractivity contribution in [2.75, 3.05) is 7.11 Å². The zero-order chi connectivity index (χ0) is 13.1. The molecule has 0 radical (unpaired) electrons. The number of hydrogen-bond acceptors (Lipinski definition) is 3. The first-order chi connectivity index (χ1) is 8.65. The van der Waals surface area contributed by atoms with Crippen LogP contribution in [0.2, 0.25) is 5.02 Å². The minimum Gasteiger partial charge on any atom is -0.458 e. The van der Waals surface area contributed by atoms with E-state index in [0.717, 1.165) is 23.8 Å². The van der Waals surface area contributed by atoms with Gasteiger partial charge in [0, 0.05) is 17.5 Å². The number of aliphatic hydroxyl groups excluding tert-OH is 1. The average molecular weight is 269 g/mol. The molecule has 3 nitrogen and oxygen atoms in total. The fourth-order valence-corrected chi connectivity index (χ4v) is 2.23. The zero-order valence-corrected chi connectivity index (χ0v) is 11.3. The van der Waals surface area contributed by atoms with Gasteiger partial charge in [0.1, 0.15) is 17.4 Å². The zero-order valence-electron chi connectivity index (χ0n) is 10.5. The van der Waals surface area contributed by atoms with Crippen molar-refractivity contribution < 1.29 is 14.3 Å². The van der Waals surface area contributed by atoms with E-state index in [2.05, 4.69) is 6.92 Å². The molecule has 1 aromatic heterocycles. The molecule has 0 aliphatic heterocycles. The van der Waals surface area contributed by atoms with Crippen LogP contribution in [0.1, 0.15) is 31.6 Å². The third kappa shape index (κ3) is 2.69. The Balaban J connectivity index is 2.29. The maximum absolute atomic E-state index is 10.2. The van der Waals surface area contributed by atoms with Crippen LogP contribution < -0.4 is 0 Å². The molecule has 1 N–H and O–H groups in total. The fourth-order valence-electron chi connectivity index (χ4n) is 2.05. The summed E-state index contributed by atoms with van der Waals surface area (Å²) in [5, 5.41) is 11.8. The molecule has 0 saturated heterocycles. The monoisotopic (exact) mass is 268 g/mol. The molecule has 0 bridgehead atoms. The normalized spacial score (nSPS) is 14.9. The number of hydrogen-bond donors (Lipinski definition) is 1. The van der Waals surface area contributed by atoms with E-state index in [1.807, 2.05) is 12.1 Å². The van der Waals surface area contributed by atoms with E-state index < -0.39 is 6.10 Å². The van der Waals surface area contributed by atoms with Crippen molar-refractivity contribution in [3.05, 3.63) is 35.0 Å². The smallest absolute Gasteiger partial charge is 0.138 e. The summed E-state index contributed by atoms with van der Waals surface area (Å²) in [6, 6.07) is 7.20. The Morgan fingerprint density at radius 3 is 2.83 bits per heavy atom. The predicted octanol–water partition coefficient (Wildman–Crippen LogP) is 3.93. The van der Waals surface area contributed by atoms with Gasteiger partial charge in [0.05, 0.1) is 6.10 Å². The topological polar surface area (TPSA) is 42.6 Å². The number of fused-ring (bicyclic) bond motifs is 1. The van der Waals surface area contributed by atoms with Crippen molar-refractivity contribution in [1.82, 2.24) is 0 Å². The van der Waals surface area contributed by atoms with E-state index in [4.69, 9.17) is 20.8 Å². The Morgan fingerprint density at radius 1 is 1.39 bits per heavy atom. The number of ether oxygens (including phenoxy) is 1. The van der Waals surface area contributed by atoms with Gasteiger partial charge in [-0.1, -0.05) is 24.9 Å². The highest BCUT2D eigenvalue weighted by atomic mass is 35.5. The summed E-state index contributed by atoms with van der Waals surface area (Å²) in [6.45, 7) is 2.05. The lowest BCUT2D eigenvalue weighted by molar-refractivity contribution is -0.0271. The van der Waals surface area contributed by atoms with E-state index in [0.29, 0.717) is 10.8 Å². The van der Waals surface area contributed by atoms with E-state index in [1.165, 1.54) is 0 Å². The Hall–Kier alpha value is -1.03.